The summed E-state index contributed by atoms with van der Waals surface area (Å²) in [5, 5.41) is 28.7. The van der Waals surface area contributed by atoms with Gasteiger partial charge >= 0.3 is 0 Å². The van der Waals surface area contributed by atoms with Crippen LogP contribution in [0.2, 0.25) is 0 Å². The number of aromatic nitrogens is 14. The van der Waals surface area contributed by atoms with E-state index in [-0.39, 0.29) is 11.4 Å². The van der Waals surface area contributed by atoms with Gasteiger partial charge in [-0.2, -0.15) is 20.4 Å². The molecule has 1 unspecified atom stereocenters. The molecule has 5 N–H and O–H groups in total. The van der Waals surface area contributed by atoms with Gasteiger partial charge in [-0.1, -0.05) is 0 Å². The fraction of sp³-hybridized carbons (Fsp3) is 0.350. The van der Waals surface area contributed by atoms with Crippen LogP contribution in [0.15, 0.2) is 49.1 Å². The van der Waals surface area contributed by atoms with Gasteiger partial charge in [0.15, 0.2) is 18.4 Å². The van der Waals surface area contributed by atoms with Crippen LogP contribution in [-0.4, -0.2) is 105 Å². The van der Waals surface area contributed by atoms with Crippen LogP contribution < -0.4 is 11.5 Å². The summed E-state index contributed by atoms with van der Waals surface area (Å²) < 4.78 is 28.7. The third-order valence-corrected chi connectivity index (χ3v) is 9.89. The van der Waals surface area contributed by atoms with E-state index >= 15 is 0 Å². The Balaban J connectivity index is 0.000000184. The number of aliphatic hydroxyl groups is 1. The van der Waals surface area contributed by atoms with Gasteiger partial charge in [-0.25, -0.2) is 29.0 Å². The minimum absolute atomic E-state index is 0.0164. The minimum atomic E-state index is -0.836. The lowest BCUT2D eigenvalue weighted by atomic mass is 10.2. The Hall–Kier alpha value is -7.13. The van der Waals surface area contributed by atoms with Gasteiger partial charge in [-0.3, -0.25) is 23.6 Å². The standard InChI is InChI=1S/C20H23FN8O2.C20H24N8O2/c1-12-7-17(28(26-12)5-4-6-31-3)15-10-27(2)20(25-15)18-13-9-23-29(11-21)16(13)8-14(24-18)19(22)30;1-5-28-17(6-11(2)25-28)15-10-27(9-12(3)29)20(24-15)18-13-8-22-26(4)16(13)7-14(23-18)19(21)30/h7-10H,4-6,11H2,1-3H3,(H2,22,30);6-8,10,12,29H,5,9H2,1-4H3,(H2,21,30). The first-order valence-corrected chi connectivity index (χ1v) is 19.4. The van der Waals surface area contributed by atoms with Gasteiger partial charge in [0.1, 0.15) is 34.2 Å². The van der Waals surface area contributed by atoms with E-state index < -0.39 is 24.7 Å². The number of hydrogen-bond acceptors (Lipinski definition) is 12. The van der Waals surface area contributed by atoms with Crippen LogP contribution in [0.1, 0.15) is 52.6 Å². The number of methoxy groups -OCH3 is 1. The van der Waals surface area contributed by atoms with Crippen molar-refractivity contribution in [2.75, 3.05) is 13.7 Å². The highest BCUT2D eigenvalue weighted by atomic mass is 19.1. The molecule has 0 fully saturated rings. The van der Waals surface area contributed by atoms with Gasteiger partial charge in [0.05, 0.1) is 52.3 Å². The van der Waals surface area contributed by atoms with E-state index in [0.29, 0.717) is 71.6 Å². The van der Waals surface area contributed by atoms with Gasteiger partial charge in [-0.05, 0) is 58.4 Å². The Bertz CT molecular complexity index is 2890. The van der Waals surface area contributed by atoms with Crippen molar-refractivity contribution in [1.29, 1.82) is 0 Å². The number of nitrogens with two attached hydrogens (primary N) is 2. The molecule has 20 nitrogen and oxygen atoms in total. The summed E-state index contributed by atoms with van der Waals surface area (Å²) in [4.78, 5) is 42.2. The van der Waals surface area contributed by atoms with Crippen LogP contribution in [0.3, 0.4) is 0 Å². The van der Waals surface area contributed by atoms with Gasteiger partial charge in [-0.15, -0.1) is 0 Å². The van der Waals surface area contributed by atoms with E-state index in [1.807, 2.05) is 66.3 Å². The summed E-state index contributed by atoms with van der Waals surface area (Å²) in [6, 6.07) is 6.98. The van der Waals surface area contributed by atoms with Crippen LogP contribution in [0.5, 0.6) is 0 Å². The van der Waals surface area contributed by atoms with E-state index in [0.717, 1.165) is 44.8 Å². The average Bonchev–Trinajstić information content (AvgIpc) is 4.09. The number of primary amides is 2. The predicted molar refractivity (Wildman–Crippen MR) is 223 cm³/mol. The largest absolute Gasteiger partial charge is 0.392 e. The van der Waals surface area contributed by atoms with Gasteiger partial charge in [0, 0.05) is 70.6 Å². The van der Waals surface area contributed by atoms with E-state index in [4.69, 9.17) is 26.2 Å². The maximum atomic E-state index is 13.4. The summed E-state index contributed by atoms with van der Waals surface area (Å²) in [5.41, 5.74) is 18.0. The normalized spacial score (nSPS) is 12.0. The fourth-order valence-corrected chi connectivity index (χ4v) is 7.14. The monoisotopic (exact) mass is 834 g/mol. The van der Waals surface area contributed by atoms with Crippen molar-refractivity contribution in [2.24, 2.45) is 25.6 Å². The third-order valence-electron chi connectivity index (χ3n) is 9.89. The molecule has 0 radical (unpaired) electrons. The first kappa shape index (κ1) is 42.0. The molecule has 1 atom stereocenters. The summed E-state index contributed by atoms with van der Waals surface area (Å²) in [6.07, 6.45) is 7.13. The summed E-state index contributed by atoms with van der Waals surface area (Å²) in [6.45, 7) is 9.07. The van der Waals surface area contributed by atoms with Crippen LogP contribution >= 0.6 is 0 Å². The molecule has 0 aliphatic heterocycles. The zero-order chi connectivity index (χ0) is 43.7. The molecular formula is C40H47FN16O4. The smallest absolute Gasteiger partial charge is 0.267 e. The Labute approximate surface area is 348 Å². The van der Waals surface area contributed by atoms with Crippen molar-refractivity contribution in [2.45, 2.75) is 66.7 Å². The molecule has 0 spiro atoms. The second kappa shape index (κ2) is 17.2. The van der Waals surface area contributed by atoms with Crippen molar-refractivity contribution in [3.05, 3.63) is 71.8 Å². The molecule has 8 aromatic heterocycles. The van der Waals surface area contributed by atoms with E-state index in [1.165, 1.54) is 12.3 Å². The predicted octanol–water partition coefficient (Wildman–Crippen LogP) is 3.57. The van der Waals surface area contributed by atoms with Crippen molar-refractivity contribution in [3.63, 3.8) is 0 Å². The molecule has 0 aromatic carbocycles. The highest BCUT2D eigenvalue weighted by molar-refractivity contribution is 6.00. The van der Waals surface area contributed by atoms with Crippen LogP contribution in [0, 0.1) is 13.8 Å². The van der Waals surface area contributed by atoms with Crippen LogP contribution in [0.25, 0.3) is 67.6 Å². The molecule has 61 heavy (non-hydrogen) atoms. The molecule has 318 valence electrons. The lowest BCUT2D eigenvalue weighted by Gasteiger charge is -2.10. The number of pyridine rings is 2. The van der Waals surface area contributed by atoms with Crippen LogP contribution in [0.4, 0.5) is 4.39 Å². The van der Waals surface area contributed by atoms with Crippen molar-refractivity contribution in [3.8, 4) is 45.8 Å². The van der Waals surface area contributed by atoms with Crippen molar-refractivity contribution < 1.29 is 23.8 Å². The number of halogens is 1. The minimum Gasteiger partial charge on any atom is -0.392 e. The van der Waals surface area contributed by atoms with E-state index in [2.05, 4.69) is 30.4 Å². The number of nitrogens with zero attached hydrogens (tertiary/aromatic N) is 14. The Morgan fingerprint density at radius 1 is 0.803 bits per heavy atom. The second-order valence-electron chi connectivity index (χ2n) is 14.6. The molecule has 8 heterocycles. The lowest BCUT2D eigenvalue weighted by Crippen LogP contribution is -2.15. The first-order valence-electron chi connectivity index (χ1n) is 19.4. The molecule has 2 amide bonds. The molecule has 0 saturated heterocycles. The number of hydrogen-bond donors (Lipinski definition) is 3. The zero-order valence-corrected chi connectivity index (χ0v) is 34.9. The van der Waals surface area contributed by atoms with Gasteiger partial charge < -0.3 is 30.4 Å². The van der Waals surface area contributed by atoms with Crippen LogP contribution in [-0.2, 0) is 45.3 Å². The summed E-state index contributed by atoms with van der Waals surface area (Å²) in [5.74, 6) is -0.318. The molecule has 0 aliphatic carbocycles. The summed E-state index contributed by atoms with van der Waals surface area (Å²) >= 11 is 0. The first-order chi connectivity index (χ1) is 29.2. The number of rotatable bonds is 14. The molecule has 0 aliphatic rings. The zero-order valence-electron chi connectivity index (χ0n) is 34.9. The van der Waals surface area contributed by atoms with E-state index in [1.54, 1.807) is 42.6 Å². The maximum absolute atomic E-state index is 13.4. The highest BCUT2D eigenvalue weighted by Crippen LogP contribution is 2.32. The average molecular weight is 835 g/mol. The topological polar surface area (TPSA) is 248 Å². The Morgan fingerprint density at radius 2 is 1.38 bits per heavy atom. The molecule has 0 bridgehead atoms. The fourth-order valence-electron chi connectivity index (χ4n) is 7.14. The number of aliphatic hydroxyl groups excluding tert-OH is 1. The second-order valence-corrected chi connectivity index (χ2v) is 14.6. The number of imidazole rings is 2. The molecule has 8 rings (SSSR count). The third kappa shape index (κ3) is 8.37. The number of aryl methyl sites for hydroxylation is 6. The number of carbonyl (C=O) groups excluding carboxylic acids is 2. The molecular weight excluding hydrogens is 788 g/mol. The maximum Gasteiger partial charge on any atom is 0.267 e. The Morgan fingerprint density at radius 3 is 2.00 bits per heavy atom. The number of alkyl halides is 1. The highest BCUT2D eigenvalue weighted by Gasteiger charge is 2.23. The molecule has 21 heteroatoms. The number of fused-ring (bicyclic) bond motifs is 2. The number of ether oxygens (including phenoxy) is 1. The lowest BCUT2D eigenvalue weighted by molar-refractivity contribution is 0.0987. The summed E-state index contributed by atoms with van der Waals surface area (Å²) in [7, 11) is 5.28. The quantitative estimate of drug-likeness (QED) is 0.133. The molecule has 8 aromatic rings. The van der Waals surface area contributed by atoms with E-state index in [9.17, 15) is 19.1 Å². The SMILES string of the molecule is CCn1nc(C)cc1-c1cn(CC(C)O)c(-c2nc(C(N)=O)cc3c2cnn3C)n1.COCCCn1nc(C)cc1-c1cn(C)c(-c2nc(C(N)=O)cc3c2cnn3CF)n1. The van der Waals surface area contributed by atoms with Crippen molar-refractivity contribution in [1.82, 2.24) is 68.2 Å². The number of carbonyl (C=O) groups is 2. The van der Waals surface area contributed by atoms with Gasteiger partial charge in [0.2, 0.25) is 0 Å². The number of amides is 2. The molecule has 0 saturated carbocycles. The van der Waals surface area contributed by atoms with Crippen molar-refractivity contribution >= 4 is 33.6 Å². The van der Waals surface area contributed by atoms with Gasteiger partial charge in [0.25, 0.3) is 11.8 Å². The Kier molecular flexibility index (Phi) is 11.9.